The van der Waals surface area contributed by atoms with Gasteiger partial charge in [-0.25, -0.2) is 0 Å². The number of morpholine rings is 3. The molecule has 0 amide bonds. The molecule has 0 bridgehead atoms. The lowest BCUT2D eigenvalue weighted by Gasteiger charge is -2.32. The SMILES string of the molecule is Brc1ccc2ncc(-c3nnco3)c(NCCN3CCOCC3)c2c1.Cc1ccc(-c2ccc3ncc(-c4nnco4)c(NCCN4CCOCC4)c3c2)cc1.Cc1ccc(-c2ccc3ncc(-c4nnco4)c(NCCN4CCOCC4)c3c2)cc1C.Cc1ccc(B(O)O)cc1C.Cc1ccc(B(O)O)cc1[N+](=O)[O-].Cc1ccc(B2OC(C)(C)C(C)(C)O2)cc1. The molecular weight excluding hydrogens is 1690 g/mol. The van der Waals surface area contributed by atoms with E-state index >= 15 is 0 Å². The number of halogens is 1. The summed E-state index contributed by atoms with van der Waals surface area (Å²) < 4.78 is 45.7. The first kappa shape index (κ1) is 94.0. The lowest BCUT2D eigenvalue weighted by Crippen LogP contribution is -2.41. The van der Waals surface area contributed by atoms with E-state index in [0.717, 1.165) is 223 Å². The molecular formula is C94H108B3BrN16O14. The number of aromatic nitrogens is 9. The summed E-state index contributed by atoms with van der Waals surface area (Å²) in [4.78, 5) is 30.9. The van der Waals surface area contributed by atoms with Crippen LogP contribution in [0.5, 0.6) is 0 Å². The number of nitrogens with zero attached hydrogens (tertiary/aromatic N) is 13. The lowest BCUT2D eigenvalue weighted by molar-refractivity contribution is -0.385. The quantitative estimate of drug-likeness (QED) is 0.0200. The third-order valence-corrected chi connectivity index (χ3v) is 23.7. The maximum atomic E-state index is 10.4. The Kier molecular flexibility index (Phi) is 32.6. The number of anilines is 3. The van der Waals surface area contributed by atoms with E-state index in [1.165, 1.54) is 64.7 Å². The fourth-order valence-corrected chi connectivity index (χ4v) is 15.0. The minimum atomic E-state index is -1.67. The van der Waals surface area contributed by atoms with Crippen molar-refractivity contribution in [1.29, 1.82) is 0 Å². The number of ether oxygens (including phenoxy) is 3. The van der Waals surface area contributed by atoms with Crippen molar-refractivity contribution in [3.05, 3.63) is 249 Å². The van der Waals surface area contributed by atoms with Gasteiger partial charge in [0.15, 0.2) is 0 Å². The van der Waals surface area contributed by atoms with Crippen molar-refractivity contribution >= 4 is 109 Å². The molecule has 0 aliphatic carbocycles. The Morgan fingerprint density at radius 1 is 0.430 bits per heavy atom. The second-order valence-electron chi connectivity index (χ2n) is 32.7. The third kappa shape index (κ3) is 24.8. The summed E-state index contributed by atoms with van der Waals surface area (Å²) in [6, 6.07) is 51.7. The van der Waals surface area contributed by atoms with Crippen LogP contribution >= 0.6 is 15.9 Å². The van der Waals surface area contributed by atoms with Gasteiger partial charge in [-0.15, -0.1) is 30.6 Å². The zero-order chi connectivity index (χ0) is 90.4. The van der Waals surface area contributed by atoms with Crippen molar-refractivity contribution in [2.45, 2.75) is 87.4 Å². The highest BCUT2D eigenvalue weighted by molar-refractivity contribution is 9.10. The Hall–Kier alpha value is -11.6. The van der Waals surface area contributed by atoms with Gasteiger partial charge in [-0.3, -0.25) is 39.8 Å². The van der Waals surface area contributed by atoms with Crippen LogP contribution in [0.3, 0.4) is 0 Å². The van der Waals surface area contributed by atoms with E-state index in [2.05, 4.69) is 257 Å². The molecule has 34 heteroatoms. The minimum Gasteiger partial charge on any atom is -0.423 e. The van der Waals surface area contributed by atoms with Gasteiger partial charge in [0.2, 0.25) is 19.2 Å². The van der Waals surface area contributed by atoms with Crippen LogP contribution in [0, 0.1) is 58.6 Å². The summed E-state index contributed by atoms with van der Waals surface area (Å²) in [5.41, 5.74) is 21.7. The topological polar surface area (TPSA) is 371 Å². The molecule has 10 heterocycles. The van der Waals surface area contributed by atoms with Crippen LogP contribution in [0.1, 0.15) is 66.6 Å². The number of hydrogen-bond donors (Lipinski definition) is 7. The van der Waals surface area contributed by atoms with E-state index < -0.39 is 19.2 Å². The number of hydrogen-bond acceptors (Lipinski definition) is 29. The molecule has 30 nitrogen and oxygen atoms in total. The van der Waals surface area contributed by atoms with Gasteiger partial charge in [0.1, 0.15) is 0 Å². The zero-order valence-corrected chi connectivity index (χ0v) is 75.6. The molecule has 0 spiro atoms. The highest BCUT2D eigenvalue weighted by atomic mass is 79.9. The van der Waals surface area contributed by atoms with Gasteiger partial charge < -0.3 is 72.8 Å². The first-order valence-corrected chi connectivity index (χ1v) is 43.5. The average Bonchev–Trinajstić information content (AvgIpc) is 1.58. The fraction of sp³-hybridized carbons (Fsp3) is 0.330. The number of nitrogens with one attached hydrogen (secondary N) is 3. The van der Waals surface area contributed by atoms with E-state index in [-0.39, 0.29) is 29.5 Å². The first-order valence-electron chi connectivity index (χ1n) is 42.7. The smallest absolute Gasteiger partial charge is 0.423 e. The highest BCUT2D eigenvalue weighted by Crippen LogP contribution is 2.40. The fourth-order valence-electron chi connectivity index (χ4n) is 14.6. The summed E-state index contributed by atoms with van der Waals surface area (Å²) in [5, 5.41) is 83.2. The summed E-state index contributed by atoms with van der Waals surface area (Å²) in [7, 11) is -3.26. The van der Waals surface area contributed by atoms with Crippen molar-refractivity contribution < 1.29 is 61.8 Å². The summed E-state index contributed by atoms with van der Waals surface area (Å²) in [6.45, 7) is 38.1. The number of rotatable bonds is 21. The second kappa shape index (κ2) is 44.4. The van der Waals surface area contributed by atoms with Gasteiger partial charge in [0.05, 0.1) is 106 Å². The molecule has 6 aromatic heterocycles. The van der Waals surface area contributed by atoms with Crippen LogP contribution < -0.4 is 32.3 Å². The summed E-state index contributed by atoms with van der Waals surface area (Å²) >= 11 is 3.54. The average molecular weight is 1800 g/mol. The number of benzene rings is 8. The second-order valence-corrected chi connectivity index (χ2v) is 33.6. The number of fused-ring (bicyclic) bond motifs is 3. The van der Waals surface area contributed by atoms with Crippen molar-refractivity contribution in [3.8, 4) is 56.6 Å². The maximum Gasteiger partial charge on any atom is 0.494 e. The molecule has 0 atom stereocenters. The Bertz CT molecular complexity index is 5960. The molecule has 8 aromatic carbocycles. The van der Waals surface area contributed by atoms with Crippen molar-refractivity contribution in [1.82, 2.24) is 60.2 Å². The summed E-state index contributed by atoms with van der Waals surface area (Å²) in [6.07, 6.45) is 9.42. The van der Waals surface area contributed by atoms with E-state index in [1.54, 1.807) is 31.5 Å². The van der Waals surface area contributed by atoms with Crippen molar-refractivity contribution in [3.63, 3.8) is 0 Å². The Morgan fingerprint density at radius 3 is 1.17 bits per heavy atom. The highest BCUT2D eigenvalue weighted by Gasteiger charge is 2.51. The van der Waals surface area contributed by atoms with Crippen LogP contribution in [0.2, 0.25) is 0 Å². The van der Waals surface area contributed by atoms with Crippen LogP contribution in [0.4, 0.5) is 22.7 Å². The number of nitro groups is 1. The first-order chi connectivity index (χ1) is 61.7. The predicted octanol–water partition coefficient (Wildman–Crippen LogP) is 13.0. The van der Waals surface area contributed by atoms with Crippen LogP contribution in [0.25, 0.3) is 89.3 Å². The number of pyridine rings is 3. The van der Waals surface area contributed by atoms with E-state index in [4.69, 9.17) is 56.9 Å². The monoisotopic (exact) mass is 1800 g/mol. The third-order valence-electron chi connectivity index (χ3n) is 23.2. The van der Waals surface area contributed by atoms with Crippen molar-refractivity contribution in [2.24, 2.45) is 0 Å². The molecule has 4 fully saturated rings. The Labute approximate surface area is 754 Å². The summed E-state index contributed by atoms with van der Waals surface area (Å²) in [5.74, 6) is 1.39. The normalized spacial score (nSPS) is 14.9. The lowest BCUT2D eigenvalue weighted by atomic mass is 9.79. The zero-order valence-electron chi connectivity index (χ0n) is 74.0. The van der Waals surface area contributed by atoms with Gasteiger partial charge in [-0.1, -0.05) is 136 Å². The standard InChI is InChI=1S/C25H27N5O2.C24H25N5O2.C17H18BrN5O2.C13H19BO2.C8H11BO2.C7H8BNO4/c1-17-3-4-19(13-18(17)2)20-5-6-23-21(14-20)24(22(15-27-23)25-29-28-16-32-25)26-7-8-30-9-11-31-12-10-30;1-17-2-4-18(5-3-17)19-6-7-22-20(14-19)23(21(15-26-22)24-28-27-16-31-24)25-8-9-29-10-12-30-13-11-29;18-12-1-2-15-13(9-12)16(14(10-20-15)17-22-21-11-25-17)19-3-4-23-5-7-24-8-6-23;1-10-6-8-11(9-7-10)14-15-12(2,3)13(4,5)16-14;1-6-3-4-8(9(10)11)5-7(6)2;1-5-2-3-6(8(10)11)4-7(5)9(12)13/h3-6,13-16H,7-12H2,1-2H3,(H,26,27);2-7,14-16H,8-13H2,1H3,(H,25,26);1-2,9-11H,3-8H2,(H,19,20);6-9H,1-5H3;3-5,10-11H,1-2H3;2-4,10-11H,1H3. The van der Waals surface area contributed by atoms with Crippen LogP contribution in [-0.4, -0.2) is 236 Å². The molecule has 4 aliphatic rings. The van der Waals surface area contributed by atoms with Gasteiger partial charge >= 0.3 is 21.4 Å². The molecule has 4 aliphatic heterocycles. The molecule has 18 rings (SSSR count). The van der Waals surface area contributed by atoms with Crippen LogP contribution in [-0.2, 0) is 23.5 Å². The predicted molar refractivity (Wildman–Crippen MR) is 505 cm³/mol. The number of nitro benzene ring substituents is 1. The molecule has 7 N–H and O–H groups in total. The van der Waals surface area contributed by atoms with E-state index in [0.29, 0.717) is 28.7 Å². The van der Waals surface area contributed by atoms with Gasteiger partial charge in [0.25, 0.3) is 23.4 Å². The Morgan fingerprint density at radius 2 is 0.781 bits per heavy atom. The molecule has 4 saturated heterocycles. The Balaban J connectivity index is 0.000000137. The van der Waals surface area contributed by atoms with Crippen molar-refractivity contribution in [2.75, 3.05) is 134 Å². The molecule has 0 unspecified atom stereocenters. The molecule has 664 valence electrons. The van der Waals surface area contributed by atoms with E-state index in [9.17, 15) is 10.1 Å². The van der Waals surface area contributed by atoms with Gasteiger partial charge in [0, 0.05) is 129 Å². The van der Waals surface area contributed by atoms with Crippen LogP contribution in [0.15, 0.2) is 213 Å². The molecule has 0 saturated carbocycles. The van der Waals surface area contributed by atoms with Gasteiger partial charge in [-0.2, -0.15) is 0 Å². The van der Waals surface area contributed by atoms with E-state index in [1.807, 2.05) is 38.2 Å². The molecule has 0 radical (unpaired) electrons. The number of aryl methyl sites for hydroxylation is 7. The largest absolute Gasteiger partial charge is 0.494 e. The maximum absolute atomic E-state index is 10.4. The minimum absolute atomic E-state index is 0.106. The molecule has 128 heavy (non-hydrogen) atoms. The molecule has 14 aromatic rings. The van der Waals surface area contributed by atoms with Gasteiger partial charge in [-0.05, 0) is 180 Å².